The average Bonchev–Trinajstić information content (AvgIpc) is 2.34. The number of ether oxygens (including phenoxy) is 1. The van der Waals surface area contributed by atoms with Crippen LogP contribution in [0.15, 0.2) is 42.5 Å². The molecule has 0 atom stereocenters. The number of esters is 1. The van der Waals surface area contributed by atoms with E-state index in [2.05, 4.69) is 11.8 Å². The summed E-state index contributed by atoms with van der Waals surface area (Å²) in [5.41, 5.74) is 0.549. The maximum absolute atomic E-state index is 11.4. The van der Waals surface area contributed by atoms with Crippen LogP contribution in [-0.2, 0) is 4.74 Å². The van der Waals surface area contributed by atoms with E-state index in [9.17, 15) is 4.79 Å². The summed E-state index contributed by atoms with van der Waals surface area (Å²) in [5.74, 6) is 5.19. The lowest BCUT2D eigenvalue weighted by Crippen LogP contribution is -2.04. The van der Waals surface area contributed by atoms with Crippen molar-refractivity contribution in [3.8, 4) is 11.8 Å². The predicted molar refractivity (Wildman–Crippen MR) is 63.9 cm³/mol. The van der Waals surface area contributed by atoms with E-state index in [0.29, 0.717) is 5.56 Å². The smallest absolute Gasteiger partial charge is 0.339 e. The van der Waals surface area contributed by atoms with Gasteiger partial charge >= 0.3 is 5.97 Å². The molecular weight excluding hydrogens is 200 g/mol. The molecule has 1 aromatic carbocycles. The van der Waals surface area contributed by atoms with Gasteiger partial charge in [-0.1, -0.05) is 43.0 Å². The highest BCUT2D eigenvalue weighted by Crippen LogP contribution is 2.00. The Balaban J connectivity index is 2.36. The summed E-state index contributed by atoms with van der Waals surface area (Å²) in [4.78, 5) is 11.4. The van der Waals surface area contributed by atoms with Gasteiger partial charge in [-0.25, -0.2) is 4.79 Å². The van der Waals surface area contributed by atoms with Crippen LogP contribution in [0.1, 0.15) is 23.7 Å². The SMILES string of the molecule is CC/C=C/C#CCOC(=O)c1ccccc1. The Hall–Kier alpha value is -2.01. The van der Waals surface area contributed by atoms with Crippen molar-refractivity contribution in [3.05, 3.63) is 48.0 Å². The van der Waals surface area contributed by atoms with Crippen LogP contribution in [0, 0.1) is 11.8 Å². The van der Waals surface area contributed by atoms with Crippen molar-refractivity contribution in [2.45, 2.75) is 13.3 Å². The number of hydrogen-bond acceptors (Lipinski definition) is 2. The van der Waals surface area contributed by atoms with Gasteiger partial charge in [-0.3, -0.25) is 0 Å². The fraction of sp³-hybridized carbons (Fsp3) is 0.214. The van der Waals surface area contributed by atoms with Gasteiger partial charge in [0.25, 0.3) is 0 Å². The molecule has 0 N–H and O–H groups in total. The summed E-state index contributed by atoms with van der Waals surface area (Å²) in [6.07, 6.45) is 4.67. The van der Waals surface area contributed by atoms with Gasteiger partial charge in [-0.15, -0.1) is 0 Å². The summed E-state index contributed by atoms with van der Waals surface area (Å²) in [7, 11) is 0. The lowest BCUT2D eigenvalue weighted by molar-refractivity contribution is 0.0556. The van der Waals surface area contributed by atoms with Gasteiger partial charge < -0.3 is 4.74 Å². The zero-order chi connectivity index (χ0) is 11.6. The van der Waals surface area contributed by atoms with Gasteiger partial charge in [-0.2, -0.15) is 0 Å². The van der Waals surface area contributed by atoms with Crippen LogP contribution in [-0.4, -0.2) is 12.6 Å². The third kappa shape index (κ3) is 4.47. The molecule has 0 fully saturated rings. The molecule has 0 aliphatic heterocycles. The summed E-state index contributed by atoms with van der Waals surface area (Å²) >= 11 is 0. The highest BCUT2D eigenvalue weighted by Gasteiger charge is 2.03. The minimum atomic E-state index is -0.339. The van der Waals surface area contributed by atoms with Crippen LogP contribution in [0.5, 0.6) is 0 Å². The third-order valence-corrected chi connectivity index (χ3v) is 1.82. The number of rotatable bonds is 3. The zero-order valence-electron chi connectivity index (χ0n) is 9.27. The van der Waals surface area contributed by atoms with Crippen LogP contribution in [0.3, 0.4) is 0 Å². The molecule has 0 aliphatic rings. The van der Waals surface area contributed by atoms with Gasteiger partial charge in [0.05, 0.1) is 5.56 Å². The third-order valence-electron chi connectivity index (χ3n) is 1.82. The highest BCUT2D eigenvalue weighted by molar-refractivity contribution is 5.89. The van der Waals surface area contributed by atoms with Gasteiger partial charge in [0.2, 0.25) is 0 Å². The fourth-order valence-corrected chi connectivity index (χ4v) is 1.04. The average molecular weight is 214 g/mol. The van der Waals surface area contributed by atoms with E-state index in [-0.39, 0.29) is 12.6 Å². The normalized spacial score (nSPS) is 9.56. The summed E-state index contributed by atoms with van der Waals surface area (Å²) < 4.78 is 4.96. The largest absolute Gasteiger partial charge is 0.449 e. The van der Waals surface area contributed by atoms with E-state index in [4.69, 9.17) is 4.74 Å². The van der Waals surface area contributed by atoms with Crippen molar-refractivity contribution in [1.82, 2.24) is 0 Å². The van der Waals surface area contributed by atoms with E-state index in [0.717, 1.165) is 6.42 Å². The number of hydrogen-bond donors (Lipinski definition) is 0. The fourth-order valence-electron chi connectivity index (χ4n) is 1.04. The first-order valence-corrected chi connectivity index (χ1v) is 5.20. The van der Waals surface area contributed by atoms with Crippen LogP contribution >= 0.6 is 0 Å². The lowest BCUT2D eigenvalue weighted by atomic mass is 10.2. The Morgan fingerprint density at radius 3 is 2.81 bits per heavy atom. The molecule has 0 saturated heterocycles. The molecule has 2 heteroatoms. The monoisotopic (exact) mass is 214 g/mol. The van der Waals surface area contributed by atoms with Crippen molar-refractivity contribution >= 4 is 5.97 Å². The molecule has 0 radical (unpaired) electrons. The van der Waals surface area contributed by atoms with Crippen molar-refractivity contribution in [2.75, 3.05) is 6.61 Å². The Morgan fingerprint density at radius 2 is 2.12 bits per heavy atom. The second-order valence-electron chi connectivity index (χ2n) is 3.07. The minimum Gasteiger partial charge on any atom is -0.449 e. The van der Waals surface area contributed by atoms with Crippen LogP contribution < -0.4 is 0 Å². The summed E-state index contributed by atoms with van der Waals surface area (Å²) in [5, 5.41) is 0. The number of carbonyl (C=O) groups excluding carboxylic acids is 1. The highest BCUT2D eigenvalue weighted by atomic mass is 16.5. The second kappa shape index (κ2) is 7.30. The summed E-state index contributed by atoms with van der Waals surface area (Å²) in [6, 6.07) is 8.88. The van der Waals surface area contributed by atoms with Gasteiger partial charge in [-0.05, 0) is 24.6 Å². The Morgan fingerprint density at radius 1 is 1.38 bits per heavy atom. The Labute approximate surface area is 95.9 Å². The first kappa shape index (κ1) is 12.1. The quantitative estimate of drug-likeness (QED) is 0.571. The van der Waals surface area contributed by atoms with E-state index >= 15 is 0 Å². The Kier molecular flexibility index (Phi) is 5.51. The second-order valence-corrected chi connectivity index (χ2v) is 3.07. The van der Waals surface area contributed by atoms with Crippen molar-refractivity contribution < 1.29 is 9.53 Å². The number of benzene rings is 1. The van der Waals surface area contributed by atoms with Gasteiger partial charge in [0, 0.05) is 0 Å². The lowest BCUT2D eigenvalue weighted by Gasteiger charge is -1.99. The van der Waals surface area contributed by atoms with E-state index in [1.54, 1.807) is 30.3 Å². The first-order chi connectivity index (χ1) is 7.84. The molecule has 0 saturated carbocycles. The zero-order valence-corrected chi connectivity index (χ0v) is 9.27. The molecular formula is C14H14O2. The molecule has 16 heavy (non-hydrogen) atoms. The maximum Gasteiger partial charge on any atom is 0.339 e. The van der Waals surface area contributed by atoms with E-state index in [1.807, 2.05) is 19.1 Å². The topological polar surface area (TPSA) is 26.3 Å². The molecule has 1 rings (SSSR count). The van der Waals surface area contributed by atoms with Crippen molar-refractivity contribution in [3.63, 3.8) is 0 Å². The minimum absolute atomic E-state index is 0.127. The van der Waals surface area contributed by atoms with Crippen LogP contribution in [0.4, 0.5) is 0 Å². The predicted octanol–water partition coefficient (Wildman–Crippen LogP) is 2.81. The first-order valence-electron chi connectivity index (χ1n) is 5.20. The van der Waals surface area contributed by atoms with Crippen molar-refractivity contribution in [2.24, 2.45) is 0 Å². The van der Waals surface area contributed by atoms with E-state index < -0.39 is 0 Å². The van der Waals surface area contributed by atoms with Crippen LogP contribution in [0.2, 0.25) is 0 Å². The molecule has 1 aromatic rings. The Bertz CT molecular complexity index is 407. The molecule has 0 heterocycles. The molecule has 0 spiro atoms. The molecule has 0 aliphatic carbocycles. The van der Waals surface area contributed by atoms with Gasteiger partial charge in [0.1, 0.15) is 0 Å². The number of carbonyl (C=O) groups is 1. The summed E-state index contributed by atoms with van der Waals surface area (Å²) in [6.45, 7) is 2.16. The molecule has 0 aromatic heterocycles. The molecule has 0 unspecified atom stereocenters. The molecule has 2 nitrogen and oxygen atoms in total. The van der Waals surface area contributed by atoms with Crippen LogP contribution in [0.25, 0.3) is 0 Å². The molecule has 0 bridgehead atoms. The van der Waals surface area contributed by atoms with Gasteiger partial charge in [0.15, 0.2) is 6.61 Å². The molecule has 82 valence electrons. The standard InChI is InChI=1S/C14H14O2/c1-2-3-4-5-9-12-16-14(15)13-10-7-6-8-11-13/h3-4,6-8,10-11H,2,12H2,1H3/b4-3+. The van der Waals surface area contributed by atoms with E-state index in [1.165, 1.54) is 0 Å². The molecule has 0 amide bonds. The number of allylic oxidation sites excluding steroid dienone is 2. The van der Waals surface area contributed by atoms with Crippen molar-refractivity contribution in [1.29, 1.82) is 0 Å². The maximum atomic E-state index is 11.4.